The molecule has 0 aliphatic carbocycles. The van der Waals surface area contributed by atoms with E-state index < -0.39 is 39.7 Å². The van der Waals surface area contributed by atoms with Gasteiger partial charge in [0.15, 0.2) is 17.4 Å². The number of halogens is 6. The van der Waals surface area contributed by atoms with E-state index in [2.05, 4.69) is 15.9 Å². The van der Waals surface area contributed by atoms with E-state index in [0.717, 1.165) is 12.1 Å². The Hall–Kier alpha value is -2.23. The molecule has 0 N–H and O–H groups in total. The second-order valence-electron chi connectivity index (χ2n) is 4.27. The van der Waals surface area contributed by atoms with E-state index in [1.807, 2.05) is 0 Å². The van der Waals surface area contributed by atoms with E-state index in [9.17, 15) is 32.1 Å². The molecule has 0 radical (unpaired) electrons. The van der Waals surface area contributed by atoms with Gasteiger partial charge in [0.25, 0.3) is 5.69 Å². The van der Waals surface area contributed by atoms with Crippen LogP contribution in [-0.2, 0) is 6.18 Å². The highest BCUT2D eigenvalue weighted by Gasteiger charge is 2.33. The molecule has 4 nitrogen and oxygen atoms in total. The molecule has 2 rings (SSSR count). The monoisotopic (exact) mass is 397 g/mol. The molecule has 0 aliphatic rings. The van der Waals surface area contributed by atoms with Crippen molar-refractivity contribution in [3.05, 3.63) is 62.1 Å². The largest absolute Gasteiger partial charge is 0.451 e. The second-order valence-corrected chi connectivity index (χ2v) is 5.19. The second kappa shape index (κ2) is 6.11. The maximum absolute atomic E-state index is 13.7. The van der Waals surface area contributed by atoms with Gasteiger partial charge < -0.3 is 4.74 Å². The van der Waals surface area contributed by atoms with Crippen molar-refractivity contribution < 1.29 is 31.6 Å². The number of nitro benzene ring substituents is 1. The average molecular weight is 398 g/mol. The predicted octanol–water partition coefficient (Wildman–Crippen LogP) is 5.45. The van der Waals surface area contributed by atoms with Gasteiger partial charge in [-0.25, -0.2) is 8.78 Å². The number of nitro groups is 1. The molecule has 0 bridgehead atoms. The molecule has 0 atom stereocenters. The molecule has 0 heterocycles. The normalized spacial score (nSPS) is 11.4. The van der Waals surface area contributed by atoms with E-state index in [1.54, 1.807) is 0 Å². The van der Waals surface area contributed by atoms with Crippen molar-refractivity contribution in [1.29, 1.82) is 0 Å². The summed E-state index contributed by atoms with van der Waals surface area (Å²) in [6.45, 7) is 0. The summed E-state index contributed by atoms with van der Waals surface area (Å²) >= 11 is 2.95. The lowest BCUT2D eigenvalue weighted by molar-refractivity contribution is -0.385. The van der Waals surface area contributed by atoms with Gasteiger partial charge in [-0.3, -0.25) is 10.1 Å². The van der Waals surface area contributed by atoms with Gasteiger partial charge in [0.2, 0.25) is 0 Å². The molecule has 23 heavy (non-hydrogen) atoms. The van der Waals surface area contributed by atoms with E-state index in [0.29, 0.717) is 0 Å². The summed E-state index contributed by atoms with van der Waals surface area (Å²) in [4.78, 5) is 9.94. The van der Waals surface area contributed by atoms with Crippen LogP contribution in [0.4, 0.5) is 27.6 Å². The minimum atomic E-state index is -4.92. The van der Waals surface area contributed by atoms with Crippen molar-refractivity contribution in [3.8, 4) is 11.5 Å². The SMILES string of the molecule is O=[N+]([O-])c1cc(Br)cc(Oc2c(F)cc(C(F)(F)F)cc2F)c1. The highest BCUT2D eigenvalue weighted by molar-refractivity contribution is 9.10. The van der Waals surface area contributed by atoms with Gasteiger partial charge in [-0.05, 0) is 18.2 Å². The van der Waals surface area contributed by atoms with Crippen LogP contribution in [0.5, 0.6) is 11.5 Å². The van der Waals surface area contributed by atoms with Crippen LogP contribution in [0.3, 0.4) is 0 Å². The molecule has 10 heteroatoms. The van der Waals surface area contributed by atoms with Crippen molar-refractivity contribution in [1.82, 2.24) is 0 Å². The zero-order chi connectivity index (χ0) is 17.4. The zero-order valence-electron chi connectivity index (χ0n) is 10.8. The summed E-state index contributed by atoms with van der Waals surface area (Å²) in [6.07, 6.45) is -4.92. The first kappa shape index (κ1) is 17.1. The lowest BCUT2D eigenvalue weighted by Crippen LogP contribution is -2.07. The van der Waals surface area contributed by atoms with Crippen molar-refractivity contribution in [3.63, 3.8) is 0 Å². The summed E-state index contributed by atoms with van der Waals surface area (Å²) in [5, 5.41) is 10.7. The van der Waals surface area contributed by atoms with Gasteiger partial charge in [-0.1, -0.05) is 15.9 Å². The van der Waals surface area contributed by atoms with Gasteiger partial charge in [0.05, 0.1) is 16.6 Å². The number of benzene rings is 2. The molecule has 0 saturated carbocycles. The molecule has 0 aliphatic heterocycles. The van der Waals surface area contributed by atoms with E-state index in [4.69, 9.17) is 4.74 Å². The quantitative estimate of drug-likeness (QED) is 0.393. The Kier molecular flexibility index (Phi) is 4.55. The standard InChI is InChI=1S/C13H5BrF5NO3/c14-7-3-8(20(21)22)5-9(4-7)23-12-10(15)1-6(2-11(12)16)13(17,18)19/h1-5H. The average Bonchev–Trinajstić information content (AvgIpc) is 2.41. The molecule has 0 unspecified atom stereocenters. The minimum Gasteiger partial charge on any atom is -0.451 e. The van der Waals surface area contributed by atoms with Crippen LogP contribution in [0.25, 0.3) is 0 Å². The Morgan fingerprint density at radius 3 is 2.09 bits per heavy atom. The molecular formula is C13H5BrF5NO3. The van der Waals surface area contributed by atoms with E-state index in [-0.39, 0.29) is 22.4 Å². The molecule has 2 aromatic rings. The zero-order valence-corrected chi connectivity index (χ0v) is 12.4. The molecule has 2 aromatic carbocycles. The van der Waals surface area contributed by atoms with Crippen LogP contribution >= 0.6 is 15.9 Å². The summed E-state index contributed by atoms with van der Waals surface area (Å²) in [5.41, 5.74) is -1.94. The van der Waals surface area contributed by atoms with Crippen LogP contribution in [-0.4, -0.2) is 4.92 Å². The maximum Gasteiger partial charge on any atom is 0.416 e. The van der Waals surface area contributed by atoms with Crippen LogP contribution in [0.1, 0.15) is 5.56 Å². The van der Waals surface area contributed by atoms with E-state index in [1.165, 1.54) is 6.07 Å². The number of alkyl halides is 3. The smallest absolute Gasteiger partial charge is 0.416 e. The fourth-order valence-corrected chi connectivity index (χ4v) is 2.11. The van der Waals surface area contributed by atoms with Crippen LogP contribution in [0.2, 0.25) is 0 Å². The third-order valence-corrected chi connectivity index (χ3v) is 3.07. The summed E-state index contributed by atoms with van der Waals surface area (Å²) in [7, 11) is 0. The Balaban J connectivity index is 2.43. The fraction of sp³-hybridized carbons (Fsp3) is 0.0769. The van der Waals surface area contributed by atoms with E-state index >= 15 is 0 Å². The first-order valence-corrected chi connectivity index (χ1v) is 6.56. The number of ether oxygens (including phenoxy) is 1. The minimum absolute atomic E-state index is 0.0742. The summed E-state index contributed by atoms with van der Waals surface area (Å²) in [6, 6.07) is 3.31. The summed E-state index contributed by atoms with van der Waals surface area (Å²) < 4.78 is 69.7. The van der Waals surface area contributed by atoms with Crippen molar-refractivity contribution in [2.75, 3.05) is 0 Å². The van der Waals surface area contributed by atoms with Gasteiger partial charge in [-0.15, -0.1) is 0 Å². The molecule has 122 valence electrons. The van der Waals surface area contributed by atoms with Gasteiger partial charge >= 0.3 is 6.18 Å². The number of nitrogens with zero attached hydrogens (tertiary/aromatic N) is 1. The van der Waals surface area contributed by atoms with Crippen LogP contribution in [0.15, 0.2) is 34.8 Å². The first-order valence-electron chi connectivity index (χ1n) is 5.77. The van der Waals surface area contributed by atoms with Gasteiger partial charge in [-0.2, -0.15) is 13.2 Å². The molecule has 0 spiro atoms. The van der Waals surface area contributed by atoms with Crippen molar-refractivity contribution in [2.45, 2.75) is 6.18 Å². The Morgan fingerprint density at radius 1 is 1.04 bits per heavy atom. The third-order valence-electron chi connectivity index (χ3n) is 2.61. The fourth-order valence-electron chi connectivity index (χ4n) is 1.65. The van der Waals surface area contributed by atoms with Gasteiger partial charge in [0, 0.05) is 10.5 Å². The van der Waals surface area contributed by atoms with Gasteiger partial charge in [0.1, 0.15) is 5.75 Å². The van der Waals surface area contributed by atoms with Crippen LogP contribution < -0.4 is 4.74 Å². The maximum atomic E-state index is 13.7. The van der Waals surface area contributed by atoms with Crippen LogP contribution in [0, 0.1) is 21.7 Å². The van der Waals surface area contributed by atoms with Crippen molar-refractivity contribution >= 4 is 21.6 Å². The Labute approximate surface area is 133 Å². The number of rotatable bonds is 3. The third kappa shape index (κ3) is 3.95. The molecular weight excluding hydrogens is 393 g/mol. The number of hydrogen-bond acceptors (Lipinski definition) is 3. The Morgan fingerprint density at radius 2 is 1.61 bits per heavy atom. The summed E-state index contributed by atoms with van der Waals surface area (Å²) in [5.74, 6) is -4.58. The topological polar surface area (TPSA) is 52.4 Å². The lowest BCUT2D eigenvalue weighted by atomic mass is 10.2. The number of hydrogen-bond donors (Lipinski definition) is 0. The molecule has 0 saturated heterocycles. The Bertz CT molecular complexity index is 756. The van der Waals surface area contributed by atoms with Crippen molar-refractivity contribution in [2.24, 2.45) is 0 Å². The molecule has 0 fully saturated rings. The first-order chi connectivity index (χ1) is 10.6. The highest BCUT2D eigenvalue weighted by Crippen LogP contribution is 2.36. The highest BCUT2D eigenvalue weighted by atomic mass is 79.9. The molecule has 0 aromatic heterocycles. The number of non-ortho nitro benzene ring substituents is 1. The molecule has 0 amide bonds. The predicted molar refractivity (Wildman–Crippen MR) is 72.2 cm³/mol. The lowest BCUT2D eigenvalue weighted by Gasteiger charge is -2.11.